The third-order valence-corrected chi connectivity index (χ3v) is 4.05. The number of fused-ring (bicyclic) bond motifs is 1. The molecule has 1 aliphatic rings. The van der Waals surface area contributed by atoms with Crippen LogP contribution in [-0.4, -0.2) is 31.3 Å². The number of nitro groups is 1. The van der Waals surface area contributed by atoms with E-state index >= 15 is 0 Å². The fourth-order valence-electron chi connectivity index (χ4n) is 2.74. The third-order valence-electron chi connectivity index (χ3n) is 4.05. The Morgan fingerprint density at radius 2 is 2.08 bits per heavy atom. The number of carbonyl (C=O) groups is 1. The Morgan fingerprint density at radius 3 is 2.68 bits per heavy atom. The molecule has 25 heavy (non-hydrogen) atoms. The maximum Gasteiger partial charge on any atom is 0.342 e. The van der Waals surface area contributed by atoms with Crippen molar-refractivity contribution in [1.82, 2.24) is 9.55 Å². The number of carboxylic acids is 1. The van der Waals surface area contributed by atoms with Crippen LogP contribution in [0.5, 0.6) is 0 Å². The van der Waals surface area contributed by atoms with Gasteiger partial charge in [-0.2, -0.15) is 0 Å². The number of non-ortho nitro benzene ring substituents is 1. The van der Waals surface area contributed by atoms with Gasteiger partial charge in [-0.25, -0.2) is 14.8 Å². The summed E-state index contributed by atoms with van der Waals surface area (Å²) < 4.78 is 1.34. The molecular formula is C16H14N4O5. The Bertz CT molecular complexity index is 946. The van der Waals surface area contributed by atoms with Crippen LogP contribution in [0, 0.1) is 10.1 Å². The molecule has 1 aromatic heterocycles. The van der Waals surface area contributed by atoms with Gasteiger partial charge >= 0.3 is 5.97 Å². The minimum absolute atomic E-state index is 0.0398. The van der Waals surface area contributed by atoms with Gasteiger partial charge in [0, 0.05) is 24.4 Å². The lowest BCUT2D eigenvalue weighted by molar-refractivity contribution is -0.384. The Hall–Kier alpha value is -3.36. The first-order valence-electron chi connectivity index (χ1n) is 7.55. The minimum Gasteiger partial charge on any atom is -0.477 e. The van der Waals surface area contributed by atoms with Gasteiger partial charge in [-0.15, -0.1) is 0 Å². The molecule has 0 amide bonds. The van der Waals surface area contributed by atoms with Gasteiger partial charge in [0.1, 0.15) is 5.56 Å². The van der Waals surface area contributed by atoms with Crippen molar-refractivity contribution in [2.45, 2.75) is 25.8 Å². The summed E-state index contributed by atoms with van der Waals surface area (Å²) in [6.45, 7) is 1.82. The van der Waals surface area contributed by atoms with Crippen LogP contribution >= 0.6 is 0 Å². The van der Waals surface area contributed by atoms with Gasteiger partial charge in [0.15, 0.2) is 5.82 Å². The summed E-state index contributed by atoms with van der Waals surface area (Å²) in [6.07, 6.45) is 2.22. The van der Waals surface area contributed by atoms with E-state index in [-0.39, 0.29) is 17.3 Å². The van der Waals surface area contributed by atoms with Crippen molar-refractivity contribution in [2.24, 2.45) is 4.99 Å². The van der Waals surface area contributed by atoms with Gasteiger partial charge in [-0.1, -0.05) is 0 Å². The SMILES string of the molecule is CC1CCC(=Nc2ccc([N+](=O)[O-])cc2)c2ncc(C(=O)O)c(=O)n21. The second-order valence-corrected chi connectivity index (χ2v) is 5.70. The summed E-state index contributed by atoms with van der Waals surface area (Å²) in [6, 6.07) is 5.52. The molecule has 9 nitrogen and oxygen atoms in total. The lowest BCUT2D eigenvalue weighted by atomic mass is 10.0. The number of rotatable bonds is 3. The number of aliphatic imine (C=N–C) groups is 1. The normalized spacial score (nSPS) is 18.0. The highest BCUT2D eigenvalue weighted by molar-refractivity contribution is 6.00. The number of aromatic nitrogens is 2. The summed E-state index contributed by atoms with van der Waals surface area (Å²) in [5, 5.41) is 19.8. The van der Waals surface area contributed by atoms with Crippen molar-refractivity contribution < 1.29 is 14.8 Å². The molecule has 0 fully saturated rings. The molecule has 128 valence electrons. The molecule has 2 heterocycles. The fraction of sp³-hybridized carbons (Fsp3) is 0.250. The Kier molecular flexibility index (Phi) is 4.14. The van der Waals surface area contributed by atoms with E-state index in [0.29, 0.717) is 30.1 Å². The summed E-state index contributed by atoms with van der Waals surface area (Å²) in [5.74, 6) is -0.994. The zero-order valence-corrected chi connectivity index (χ0v) is 13.2. The van der Waals surface area contributed by atoms with Crippen molar-refractivity contribution in [3.63, 3.8) is 0 Å². The first kappa shape index (κ1) is 16.5. The average molecular weight is 342 g/mol. The number of aromatic carboxylic acids is 1. The van der Waals surface area contributed by atoms with Crippen molar-refractivity contribution in [1.29, 1.82) is 0 Å². The predicted molar refractivity (Wildman–Crippen MR) is 88.7 cm³/mol. The number of benzene rings is 1. The molecule has 2 aromatic rings. The molecule has 1 unspecified atom stereocenters. The van der Waals surface area contributed by atoms with Crippen molar-refractivity contribution in [3.05, 3.63) is 62.3 Å². The Morgan fingerprint density at radius 1 is 1.40 bits per heavy atom. The van der Waals surface area contributed by atoms with E-state index < -0.39 is 16.5 Å². The fourth-order valence-corrected chi connectivity index (χ4v) is 2.74. The molecule has 3 rings (SSSR count). The molecule has 9 heteroatoms. The van der Waals surface area contributed by atoms with Crippen LogP contribution in [0.1, 0.15) is 42.0 Å². The molecule has 0 saturated heterocycles. The van der Waals surface area contributed by atoms with Gasteiger partial charge in [0.2, 0.25) is 0 Å². The van der Waals surface area contributed by atoms with Crippen LogP contribution < -0.4 is 5.56 Å². The van der Waals surface area contributed by atoms with E-state index in [1.54, 1.807) is 0 Å². The van der Waals surface area contributed by atoms with Crippen molar-refractivity contribution in [3.8, 4) is 0 Å². The average Bonchev–Trinajstić information content (AvgIpc) is 2.57. The van der Waals surface area contributed by atoms with Gasteiger partial charge in [-0.3, -0.25) is 19.5 Å². The lowest BCUT2D eigenvalue weighted by Gasteiger charge is -2.25. The zero-order chi connectivity index (χ0) is 18.1. The highest BCUT2D eigenvalue weighted by Gasteiger charge is 2.26. The lowest BCUT2D eigenvalue weighted by Crippen LogP contribution is -2.36. The molecular weight excluding hydrogens is 328 g/mol. The molecule has 1 atom stereocenters. The minimum atomic E-state index is -1.32. The third kappa shape index (κ3) is 3.03. The van der Waals surface area contributed by atoms with Crippen molar-refractivity contribution >= 4 is 23.1 Å². The van der Waals surface area contributed by atoms with Crippen LogP contribution in [0.15, 0.2) is 40.2 Å². The summed E-state index contributed by atoms with van der Waals surface area (Å²) >= 11 is 0. The number of hydrogen-bond donors (Lipinski definition) is 1. The second kappa shape index (κ2) is 6.27. The quantitative estimate of drug-likeness (QED) is 0.673. The second-order valence-electron chi connectivity index (χ2n) is 5.70. The number of carboxylic acid groups (broad SMARTS) is 1. The van der Waals surface area contributed by atoms with Crippen LogP contribution in [0.25, 0.3) is 0 Å². The predicted octanol–water partition coefficient (Wildman–Crippen LogP) is 2.33. The molecule has 1 N–H and O–H groups in total. The van der Waals surface area contributed by atoms with E-state index in [1.807, 2.05) is 6.92 Å². The van der Waals surface area contributed by atoms with Gasteiger partial charge in [0.05, 0.1) is 16.3 Å². The van der Waals surface area contributed by atoms with E-state index in [9.17, 15) is 19.7 Å². The largest absolute Gasteiger partial charge is 0.477 e. The monoisotopic (exact) mass is 342 g/mol. The topological polar surface area (TPSA) is 128 Å². The molecule has 1 aromatic carbocycles. The summed E-state index contributed by atoms with van der Waals surface area (Å²) in [7, 11) is 0. The standard InChI is InChI=1S/C16H14N4O5/c1-9-2-7-13(18-10-3-5-11(6-4-10)20(24)25)14-17-8-12(16(22)23)15(21)19(9)14/h3-6,8-9H,2,7H2,1H3,(H,22,23). The maximum absolute atomic E-state index is 12.4. The summed E-state index contributed by atoms with van der Waals surface area (Å²) in [5.41, 5.74) is 0.00889. The summed E-state index contributed by atoms with van der Waals surface area (Å²) in [4.78, 5) is 42.3. The van der Waals surface area contributed by atoms with Crippen LogP contribution in [0.4, 0.5) is 11.4 Å². The first-order valence-corrected chi connectivity index (χ1v) is 7.55. The molecule has 1 aliphatic heterocycles. The Labute approximate surface area is 141 Å². The molecule has 0 spiro atoms. The van der Waals surface area contributed by atoms with Gasteiger partial charge < -0.3 is 5.11 Å². The molecule has 0 aliphatic carbocycles. The highest BCUT2D eigenvalue weighted by Crippen LogP contribution is 2.25. The maximum atomic E-state index is 12.4. The zero-order valence-electron chi connectivity index (χ0n) is 13.2. The van der Waals surface area contributed by atoms with Gasteiger partial charge in [-0.05, 0) is 31.9 Å². The van der Waals surface area contributed by atoms with E-state index in [4.69, 9.17) is 5.11 Å². The smallest absolute Gasteiger partial charge is 0.342 e. The highest BCUT2D eigenvalue weighted by atomic mass is 16.6. The van der Waals surface area contributed by atoms with E-state index in [1.165, 1.54) is 28.8 Å². The van der Waals surface area contributed by atoms with E-state index in [0.717, 1.165) is 6.20 Å². The molecule has 0 radical (unpaired) electrons. The number of hydrogen-bond acceptors (Lipinski definition) is 6. The van der Waals surface area contributed by atoms with Crippen LogP contribution in [0.2, 0.25) is 0 Å². The van der Waals surface area contributed by atoms with Crippen LogP contribution in [-0.2, 0) is 0 Å². The molecule has 0 bridgehead atoms. The Balaban J connectivity index is 2.07. The number of nitrogens with zero attached hydrogens (tertiary/aromatic N) is 4. The van der Waals surface area contributed by atoms with Crippen molar-refractivity contribution in [2.75, 3.05) is 0 Å². The first-order chi connectivity index (χ1) is 11.9. The molecule has 0 saturated carbocycles. The number of nitro benzene ring substituents is 1. The van der Waals surface area contributed by atoms with E-state index in [2.05, 4.69) is 9.98 Å². The van der Waals surface area contributed by atoms with Gasteiger partial charge in [0.25, 0.3) is 11.2 Å². The van der Waals surface area contributed by atoms with Crippen LogP contribution in [0.3, 0.4) is 0 Å².